The Hall–Kier alpha value is -1.22. The Morgan fingerprint density at radius 3 is 3.06 bits per heavy atom. The Morgan fingerprint density at radius 2 is 2.35 bits per heavy atom. The van der Waals surface area contributed by atoms with Gasteiger partial charge in [0.1, 0.15) is 5.78 Å². The second-order valence-electron chi connectivity index (χ2n) is 5.59. The summed E-state index contributed by atoms with van der Waals surface area (Å²) >= 11 is 0. The van der Waals surface area contributed by atoms with E-state index in [-0.39, 0.29) is 11.5 Å². The maximum Gasteiger partial charge on any atom is 0.142 e. The molecule has 1 aromatic rings. The number of fused-ring (bicyclic) bond motifs is 1. The average Bonchev–Trinajstić information content (AvgIpc) is 2.68. The van der Waals surface area contributed by atoms with Crippen LogP contribution in [-0.4, -0.2) is 16.3 Å². The fraction of sp³-hybridized carbons (Fsp3) is 0.571. The van der Waals surface area contributed by atoms with Gasteiger partial charge in [-0.05, 0) is 44.7 Å². The molecule has 0 aliphatic heterocycles. The summed E-state index contributed by atoms with van der Waals surface area (Å²) in [5.41, 5.74) is 7.87. The third-order valence-corrected chi connectivity index (χ3v) is 3.36. The summed E-state index contributed by atoms with van der Waals surface area (Å²) in [5, 5.41) is 0. The van der Waals surface area contributed by atoms with Crippen LogP contribution in [0, 0.1) is 0 Å². The largest absolute Gasteiger partial charge is 0.326 e. The third-order valence-electron chi connectivity index (χ3n) is 3.36. The van der Waals surface area contributed by atoms with Gasteiger partial charge < -0.3 is 5.73 Å². The topological polar surface area (TPSA) is 56.0 Å². The number of carbonyl (C=O) groups is 1. The molecule has 0 amide bonds. The molecule has 0 aromatic carbocycles. The van der Waals surface area contributed by atoms with Crippen molar-refractivity contribution in [3.05, 3.63) is 29.6 Å². The van der Waals surface area contributed by atoms with Crippen molar-refractivity contribution in [3.63, 3.8) is 0 Å². The van der Waals surface area contributed by atoms with Crippen LogP contribution in [0.2, 0.25) is 0 Å². The molecule has 1 aliphatic carbocycles. The van der Waals surface area contributed by atoms with Crippen molar-refractivity contribution in [2.45, 2.75) is 51.0 Å². The number of nitrogens with two attached hydrogens (primary N) is 1. The second-order valence-corrected chi connectivity index (χ2v) is 5.59. The number of hydrogen-bond acceptors (Lipinski definition) is 3. The van der Waals surface area contributed by atoms with Crippen LogP contribution >= 0.6 is 0 Å². The number of aromatic nitrogens is 1. The number of nitrogens with zero attached hydrogens (tertiary/aromatic N) is 1. The molecule has 92 valence electrons. The lowest BCUT2D eigenvalue weighted by Crippen LogP contribution is -2.32. The summed E-state index contributed by atoms with van der Waals surface area (Å²) in [6, 6.07) is 4.01. The normalized spacial score (nSPS) is 19.1. The van der Waals surface area contributed by atoms with Crippen molar-refractivity contribution in [1.82, 2.24) is 4.98 Å². The Balaban J connectivity index is 2.03. The first-order valence-electron chi connectivity index (χ1n) is 6.23. The monoisotopic (exact) mass is 232 g/mol. The van der Waals surface area contributed by atoms with E-state index in [1.54, 1.807) is 6.20 Å². The minimum Gasteiger partial charge on any atom is -0.326 e. The lowest BCUT2D eigenvalue weighted by molar-refractivity contribution is -0.120. The van der Waals surface area contributed by atoms with Crippen LogP contribution in [-0.2, 0) is 11.2 Å². The van der Waals surface area contributed by atoms with E-state index in [9.17, 15) is 4.79 Å². The van der Waals surface area contributed by atoms with Crippen molar-refractivity contribution in [3.8, 4) is 0 Å². The zero-order valence-electron chi connectivity index (χ0n) is 10.6. The maximum absolute atomic E-state index is 12.2. The van der Waals surface area contributed by atoms with Gasteiger partial charge in [-0.1, -0.05) is 6.07 Å². The smallest absolute Gasteiger partial charge is 0.142 e. The standard InChI is InChI=1S/C14H20N2O/c1-14(2,15)8-7-12(17)11-6-5-10-4-3-9-16-13(10)11/h3-4,9,11H,5-8,15H2,1-2H3. The zero-order valence-corrected chi connectivity index (χ0v) is 10.6. The number of ketones is 1. The van der Waals surface area contributed by atoms with Crippen molar-refractivity contribution < 1.29 is 4.79 Å². The first-order chi connectivity index (χ1) is 7.97. The first-order valence-corrected chi connectivity index (χ1v) is 6.23. The summed E-state index contributed by atoms with van der Waals surface area (Å²) in [7, 11) is 0. The Labute approximate surface area is 102 Å². The summed E-state index contributed by atoms with van der Waals surface area (Å²) in [6.07, 6.45) is 4.97. The van der Waals surface area contributed by atoms with Gasteiger partial charge in [0.15, 0.2) is 0 Å². The minimum absolute atomic E-state index is 0.00792. The lowest BCUT2D eigenvalue weighted by atomic mass is 9.92. The van der Waals surface area contributed by atoms with Crippen molar-refractivity contribution in [1.29, 1.82) is 0 Å². The van der Waals surface area contributed by atoms with Gasteiger partial charge in [-0.3, -0.25) is 9.78 Å². The number of Topliss-reactive ketones (excluding diaryl/α,β-unsaturated/α-hetero) is 1. The minimum atomic E-state index is -0.263. The number of aryl methyl sites for hydroxylation is 1. The van der Waals surface area contributed by atoms with Crippen molar-refractivity contribution in [2.75, 3.05) is 0 Å². The molecule has 2 rings (SSSR count). The maximum atomic E-state index is 12.2. The van der Waals surface area contributed by atoms with E-state index < -0.39 is 0 Å². The Kier molecular flexibility index (Phi) is 3.29. The van der Waals surface area contributed by atoms with Gasteiger partial charge in [-0.2, -0.15) is 0 Å². The molecule has 1 unspecified atom stereocenters. The number of pyridine rings is 1. The molecule has 0 spiro atoms. The van der Waals surface area contributed by atoms with E-state index >= 15 is 0 Å². The molecular formula is C14H20N2O. The van der Waals surface area contributed by atoms with Crippen LogP contribution in [0.25, 0.3) is 0 Å². The molecule has 3 nitrogen and oxygen atoms in total. The Morgan fingerprint density at radius 1 is 1.59 bits per heavy atom. The van der Waals surface area contributed by atoms with Crippen molar-refractivity contribution >= 4 is 5.78 Å². The lowest BCUT2D eigenvalue weighted by Gasteiger charge is -2.18. The third kappa shape index (κ3) is 2.91. The predicted octanol–water partition coefficient (Wildman–Crippen LogP) is 2.20. The SMILES string of the molecule is CC(C)(N)CCC(=O)C1CCc2cccnc21. The fourth-order valence-electron chi connectivity index (χ4n) is 2.35. The molecule has 0 radical (unpaired) electrons. The van der Waals surface area contributed by atoms with Crippen LogP contribution in [0.3, 0.4) is 0 Å². The highest BCUT2D eigenvalue weighted by Crippen LogP contribution is 2.33. The molecule has 2 N–H and O–H groups in total. The van der Waals surface area contributed by atoms with E-state index in [1.807, 2.05) is 19.9 Å². The van der Waals surface area contributed by atoms with Gasteiger partial charge in [0, 0.05) is 18.2 Å². The molecule has 1 heterocycles. The van der Waals surface area contributed by atoms with E-state index in [0.717, 1.165) is 25.0 Å². The molecule has 1 aromatic heterocycles. The highest BCUT2D eigenvalue weighted by molar-refractivity contribution is 5.86. The predicted molar refractivity (Wildman–Crippen MR) is 67.8 cm³/mol. The molecule has 0 saturated carbocycles. The van der Waals surface area contributed by atoms with E-state index in [4.69, 9.17) is 5.73 Å². The van der Waals surface area contributed by atoms with Crippen LogP contribution in [0.4, 0.5) is 0 Å². The number of carbonyl (C=O) groups excluding carboxylic acids is 1. The average molecular weight is 232 g/mol. The molecule has 1 aliphatic rings. The fourth-order valence-corrected chi connectivity index (χ4v) is 2.35. The number of hydrogen-bond donors (Lipinski definition) is 1. The van der Waals surface area contributed by atoms with E-state index in [0.29, 0.717) is 12.2 Å². The van der Waals surface area contributed by atoms with E-state index in [1.165, 1.54) is 5.56 Å². The second kappa shape index (κ2) is 4.57. The van der Waals surface area contributed by atoms with Gasteiger partial charge >= 0.3 is 0 Å². The summed E-state index contributed by atoms with van der Waals surface area (Å²) < 4.78 is 0. The van der Waals surface area contributed by atoms with Crippen LogP contribution < -0.4 is 5.73 Å². The van der Waals surface area contributed by atoms with Crippen LogP contribution in [0.1, 0.15) is 50.3 Å². The number of rotatable bonds is 4. The van der Waals surface area contributed by atoms with Gasteiger partial charge in [-0.25, -0.2) is 0 Å². The van der Waals surface area contributed by atoms with Gasteiger partial charge in [0.2, 0.25) is 0 Å². The van der Waals surface area contributed by atoms with Gasteiger partial charge in [0.25, 0.3) is 0 Å². The molecule has 0 saturated heterocycles. The molecule has 17 heavy (non-hydrogen) atoms. The Bertz CT molecular complexity index is 420. The van der Waals surface area contributed by atoms with Crippen LogP contribution in [0.15, 0.2) is 18.3 Å². The van der Waals surface area contributed by atoms with Gasteiger partial charge in [0.05, 0.1) is 11.6 Å². The first kappa shape index (κ1) is 12.2. The molecule has 3 heteroatoms. The molecule has 0 bridgehead atoms. The van der Waals surface area contributed by atoms with Crippen molar-refractivity contribution in [2.24, 2.45) is 5.73 Å². The summed E-state index contributed by atoms with van der Waals surface area (Å²) in [6.45, 7) is 3.92. The van der Waals surface area contributed by atoms with E-state index in [2.05, 4.69) is 11.1 Å². The highest BCUT2D eigenvalue weighted by atomic mass is 16.1. The molecule has 0 fully saturated rings. The summed E-state index contributed by atoms with van der Waals surface area (Å²) in [4.78, 5) is 16.5. The molecule has 1 atom stereocenters. The quantitative estimate of drug-likeness (QED) is 0.865. The molecular weight excluding hydrogens is 212 g/mol. The van der Waals surface area contributed by atoms with Crippen LogP contribution in [0.5, 0.6) is 0 Å². The highest BCUT2D eigenvalue weighted by Gasteiger charge is 2.29. The summed E-state index contributed by atoms with van der Waals surface area (Å²) in [5.74, 6) is 0.300. The van der Waals surface area contributed by atoms with Gasteiger partial charge in [-0.15, -0.1) is 0 Å². The zero-order chi connectivity index (χ0) is 12.5.